The van der Waals surface area contributed by atoms with Gasteiger partial charge in [0, 0.05) is 12.7 Å². The Morgan fingerprint density at radius 1 is 1.33 bits per heavy atom. The largest absolute Gasteiger partial charge is 0.370 e. The molecular weight excluding hydrogens is 186 g/mol. The number of hydrogen-bond acceptors (Lipinski definition) is 3. The smallest absolute Gasteiger partial charge is 0.129 e. The van der Waals surface area contributed by atoms with Crippen LogP contribution >= 0.6 is 0 Å². The van der Waals surface area contributed by atoms with Crippen molar-refractivity contribution in [2.24, 2.45) is 5.92 Å². The summed E-state index contributed by atoms with van der Waals surface area (Å²) in [6, 6.07) is 1.94. The molecule has 0 unspecified atom stereocenters. The maximum absolute atomic E-state index is 4.34. The molecule has 15 heavy (non-hydrogen) atoms. The highest BCUT2D eigenvalue weighted by Gasteiger charge is 2.12. The summed E-state index contributed by atoms with van der Waals surface area (Å²) < 4.78 is 0. The molecule has 1 saturated carbocycles. The van der Waals surface area contributed by atoms with Crippen LogP contribution in [0.1, 0.15) is 37.9 Å². The van der Waals surface area contributed by atoms with Crippen molar-refractivity contribution >= 4 is 5.82 Å². The Morgan fingerprint density at radius 3 is 2.87 bits per heavy atom. The summed E-state index contributed by atoms with van der Waals surface area (Å²) in [6.07, 6.45) is 8.77. The van der Waals surface area contributed by atoms with Gasteiger partial charge >= 0.3 is 0 Å². The maximum Gasteiger partial charge on any atom is 0.129 e. The Labute approximate surface area is 91.3 Å². The molecule has 1 N–H and O–H groups in total. The van der Waals surface area contributed by atoms with E-state index in [1.165, 1.54) is 32.1 Å². The standard InChI is InChI=1S/C12H19N3/c1-10-13-8-7-12(15-10)14-9-11-5-3-2-4-6-11/h7-8,11H,2-6,9H2,1H3,(H,13,14,15). The molecule has 1 aliphatic rings. The molecule has 3 nitrogen and oxygen atoms in total. The molecule has 1 aromatic heterocycles. The summed E-state index contributed by atoms with van der Waals surface area (Å²) in [5, 5.41) is 3.40. The van der Waals surface area contributed by atoms with E-state index in [4.69, 9.17) is 0 Å². The number of anilines is 1. The van der Waals surface area contributed by atoms with Gasteiger partial charge in [0.25, 0.3) is 0 Å². The van der Waals surface area contributed by atoms with Gasteiger partial charge < -0.3 is 5.32 Å². The van der Waals surface area contributed by atoms with Crippen LogP contribution in [0.2, 0.25) is 0 Å². The number of rotatable bonds is 3. The lowest BCUT2D eigenvalue weighted by molar-refractivity contribution is 0.373. The maximum atomic E-state index is 4.34. The minimum atomic E-state index is 0.837. The van der Waals surface area contributed by atoms with Gasteiger partial charge in [0.1, 0.15) is 11.6 Å². The quantitative estimate of drug-likeness (QED) is 0.824. The van der Waals surface area contributed by atoms with E-state index in [2.05, 4.69) is 15.3 Å². The first-order valence-electron chi connectivity index (χ1n) is 5.88. The van der Waals surface area contributed by atoms with Crippen molar-refractivity contribution in [1.82, 2.24) is 9.97 Å². The molecule has 3 heteroatoms. The van der Waals surface area contributed by atoms with Gasteiger partial charge in [-0.25, -0.2) is 9.97 Å². The SMILES string of the molecule is Cc1nccc(NCC2CCCCC2)n1. The Kier molecular flexibility index (Phi) is 3.54. The van der Waals surface area contributed by atoms with Crippen molar-refractivity contribution in [3.63, 3.8) is 0 Å². The van der Waals surface area contributed by atoms with Gasteiger partial charge in [-0.1, -0.05) is 19.3 Å². The molecular formula is C12H19N3. The fourth-order valence-corrected chi connectivity index (χ4v) is 2.19. The molecule has 82 valence electrons. The van der Waals surface area contributed by atoms with Crippen LogP contribution in [0.3, 0.4) is 0 Å². The third kappa shape index (κ3) is 3.18. The Balaban J connectivity index is 1.81. The van der Waals surface area contributed by atoms with Crippen LogP contribution in [0.5, 0.6) is 0 Å². The topological polar surface area (TPSA) is 37.8 Å². The lowest BCUT2D eigenvalue weighted by atomic mass is 9.89. The van der Waals surface area contributed by atoms with Crippen molar-refractivity contribution in [1.29, 1.82) is 0 Å². The molecule has 0 bridgehead atoms. The summed E-state index contributed by atoms with van der Waals surface area (Å²) in [5.74, 6) is 2.64. The number of nitrogens with zero attached hydrogens (tertiary/aromatic N) is 2. The van der Waals surface area contributed by atoms with Gasteiger partial charge in [-0.2, -0.15) is 0 Å². The highest BCUT2D eigenvalue weighted by atomic mass is 15.0. The first-order valence-corrected chi connectivity index (χ1v) is 5.88. The first-order chi connectivity index (χ1) is 7.34. The van der Waals surface area contributed by atoms with E-state index in [1.807, 2.05) is 19.2 Å². The van der Waals surface area contributed by atoms with Gasteiger partial charge in [-0.05, 0) is 31.7 Å². The third-order valence-electron chi connectivity index (χ3n) is 3.07. The molecule has 0 radical (unpaired) electrons. The summed E-state index contributed by atoms with van der Waals surface area (Å²) in [7, 11) is 0. The highest BCUT2D eigenvalue weighted by Crippen LogP contribution is 2.23. The van der Waals surface area contributed by atoms with Crippen LogP contribution in [0.4, 0.5) is 5.82 Å². The number of aromatic nitrogens is 2. The van der Waals surface area contributed by atoms with Crippen molar-refractivity contribution in [2.45, 2.75) is 39.0 Å². The summed E-state index contributed by atoms with van der Waals surface area (Å²) >= 11 is 0. The molecule has 2 rings (SSSR count). The van der Waals surface area contributed by atoms with Crippen molar-refractivity contribution in [3.05, 3.63) is 18.1 Å². The van der Waals surface area contributed by atoms with E-state index in [0.717, 1.165) is 24.1 Å². The van der Waals surface area contributed by atoms with E-state index in [0.29, 0.717) is 0 Å². The molecule has 1 aliphatic carbocycles. The number of aryl methyl sites for hydroxylation is 1. The zero-order chi connectivity index (χ0) is 10.5. The van der Waals surface area contributed by atoms with Crippen LogP contribution in [0.25, 0.3) is 0 Å². The van der Waals surface area contributed by atoms with Crippen LogP contribution in [0, 0.1) is 12.8 Å². The van der Waals surface area contributed by atoms with E-state index < -0.39 is 0 Å². The van der Waals surface area contributed by atoms with Gasteiger partial charge in [-0.15, -0.1) is 0 Å². The van der Waals surface area contributed by atoms with Crippen molar-refractivity contribution in [2.75, 3.05) is 11.9 Å². The number of hydrogen-bond donors (Lipinski definition) is 1. The van der Waals surface area contributed by atoms with Crippen LogP contribution in [0.15, 0.2) is 12.3 Å². The molecule has 0 aliphatic heterocycles. The molecule has 0 amide bonds. The predicted octanol–water partition coefficient (Wildman–Crippen LogP) is 2.78. The minimum Gasteiger partial charge on any atom is -0.370 e. The summed E-state index contributed by atoms with van der Waals surface area (Å²) in [6.45, 7) is 2.99. The minimum absolute atomic E-state index is 0.837. The third-order valence-corrected chi connectivity index (χ3v) is 3.07. The van der Waals surface area contributed by atoms with E-state index in [9.17, 15) is 0 Å². The second-order valence-corrected chi connectivity index (χ2v) is 4.37. The zero-order valence-corrected chi connectivity index (χ0v) is 9.37. The van der Waals surface area contributed by atoms with E-state index in [-0.39, 0.29) is 0 Å². The first kappa shape index (κ1) is 10.4. The van der Waals surface area contributed by atoms with E-state index >= 15 is 0 Å². The second kappa shape index (κ2) is 5.10. The Morgan fingerprint density at radius 2 is 2.13 bits per heavy atom. The average molecular weight is 205 g/mol. The zero-order valence-electron chi connectivity index (χ0n) is 9.37. The van der Waals surface area contributed by atoms with Crippen molar-refractivity contribution in [3.8, 4) is 0 Å². The van der Waals surface area contributed by atoms with E-state index in [1.54, 1.807) is 0 Å². The molecule has 1 heterocycles. The second-order valence-electron chi connectivity index (χ2n) is 4.37. The summed E-state index contributed by atoms with van der Waals surface area (Å²) in [4.78, 5) is 8.42. The average Bonchev–Trinajstić information content (AvgIpc) is 2.28. The fourth-order valence-electron chi connectivity index (χ4n) is 2.19. The van der Waals surface area contributed by atoms with Crippen LogP contribution in [-0.4, -0.2) is 16.5 Å². The lowest BCUT2D eigenvalue weighted by Gasteiger charge is -2.21. The fraction of sp³-hybridized carbons (Fsp3) is 0.667. The van der Waals surface area contributed by atoms with Crippen molar-refractivity contribution < 1.29 is 0 Å². The van der Waals surface area contributed by atoms with Crippen LogP contribution in [-0.2, 0) is 0 Å². The molecule has 1 fully saturated rings. The molecule has 0 saturated heterocycles. The van der Waals surface area contributed by atoms with Gasteiger partial charge in [0.2, 0.25) is 0 Å². The molecule has 1 aromatic rings. The molecule has 0 atom stereocenters. The Hall–Kier alpha value is -1.12. The highest BCUT2D eigenvalue weighted by molar-refractivity contribution is 5.32. The molecule has 0 aromatic carbocycles. The monoisotopic (exact) mass is 205 g/mol. The van der Waals surface area contributed by atoms with Crippen LogP contribution < -0.4 is 5.32 Å². The van der Waals surface area contributed by atoms with Gasteiger partial charge in [0.15, 0.2) is 0 Å². The van der Waals surface area contributed by atoms with Gasteiger partial charge in [-0.3, -0.25) is 0 Å². The summed E-state index contributed by atoms with van der Waals surface area (Å²) in [5.41, 5.74) is 0. The normalized spacial score (nSPS) is 17.7. The number of nitrogens with one attached hydrogen (secondary N) is 1. The Bertz CT molecular complexity index is 305. The predicted molar refractivity (Wildman–Crippen MR) is 61.8 cm³/mol. The lowest BCUT2D eigenvalue weighted by Crippen LogP contribution is -2.17. The molecule has 0 spiro atoms. The van der Waals surface area contributed by atoms with Gasteiger partial charge in [0.05, 0.1) is 0 Å².